The van der Waals surface area contributed by atoms with Crippen LogP contribution in [0.1, 0.15) is 25.8 Å². The van der Waals surface area contributed by atoms with Gasteiger partial charge in [-0.3, -0.25) is 4.79 Å². The third-order valence-corrected chi connectivity index (χ3v) is 2.82. The zero-order valence-electron chi connectivity index (χ0n) is 10.8. The Labute approximate surface area is 109 Å². The van der Waals surface area contributed by atoms with Crippen molar-refractivity contribution < 1.29 is 27.8 Å². The van der Waals surface area contributed by atoms with E-state index in [9.17, 15) is 18.0 Å². The summed E-state index contributed by atoms with van der Waals surface area (Å²) < 4.78 is 45.9. The molecule has 0 aliphatic rings. The SMILES string of the molecule is COc1ccc(C(F)(F)CC(C)(C)C(=O)O)cc1F. The highest BCUT2D eigenvalue weighted by atomic mass is 19.3. The van der Waals surface area contributed by atoms with E-state index in [0.717, 1.165) is 12.1 Å². The molecule has 0 aromatic heterocycles. The Balaban J connectivity index is 3.07. The molecular formula is C13H15F3O3. The standard InChI is InChI=1S/C13H15F3O3/c1-12(2,11(17)18)7-13(15,16)8-4-5-10(19-3)9(14)6-8/h4-6H,7H2,1-3H3,(H,17,18). The van der Waals surface area contributed by atoms with Gasteiger partial charge in [0.2, 0.25) is 0 Å². The van der Waals surface area contributed by atoms with Crippen LogP contribution >= 0.6 is 0 Å². The molecule has 0 amide bonds. The van der Waals surface area contributed by atoms with Crippen LogP contribution in [0.15, 0.2) is 18.2 Å². The summed E-state index contributed by atoms with van der Waals surface area (Å²) in [5.41, 5.74) is -2.18. The first-order chi connectivity index (χ1) is 8.60. The van der Waals surface area contributed by atoms with Crippen molar-refractivity contribution in [1.29, 1.82) is 0 Å². The summed E-state index contributed by atoms with van der Waals surface area (Å²) in [6.07, 6.45) is -0.916. The molecular weight excluding hydrogens is 261 g/mol. The number of alkyl halides is 2. The minimum atomic E-state index is -3.44. The van der Waals surface area contributed by atoms with Gasteiger partial charge in [-0.2, -0.15) is 0 Å². The molecule has 0 atom stereocenters. The number of ether oxygens (including phenoxy) is 1. The lowest BCUT2D eigenvalue weighted by Crippen LogP contribution is -2.31. The second-order valence-electron chi connectivity index (χ2n) is 4.92. The summed E-state index contributed by atoms with van der Waals surface area (Å²) >= 11 is 0. The van der Waals surface area contributed by atoms with Gasteiger partial charge in [0, 0.05) is 12.0 Å². The van der Waals surface area contributed by atoms with Gasteiger partial charge in [-0.1, -0.05) is 0 Å². The molecule has 0 saturated heterocycles. The molecule has 106 valence electrons. The van der Waals surface area contributed by atoms with Gasteiger partial charge in [0.15, 0.2) is 11.6 Å². The molecule has 0 heterocycles. The average molecular weight is 276 g/mol. The molecule has 19 heavy (non-hydrogen) atoms. The van der Waals surface area contributed by atoms with Gasteiger partial charge in [0.1, 0.15) is 0 Å². The molecule has 0 fully saturated rings. The lowest BCUT2D eigenvalue weighted by molar-refractivity contribution is -0.153. The zero-order valence-corrected chi connectivity index (χ0v) is 10.8. The Morgan fingerprint density at radius 2 is 1.95 bits per heavy atom. The van der Waals surface area contributed by atoms with E-state index in [-0.39, 0.29) is 5.75 Å². The van der Waals surface area contributed by atoms with Gasteiger partial charge in [-0.15, -0.1) is 0 Å². The fourth-order valence-electron chi connectivity index (χ4n) is 1.63. The number of benzene rings is 1. The predicted molar refractivity (Wildman–Crippen MR) is 62.9 cm³/mol. The van der Waals surface area contributed by atoms with Gasteiger partial charge in [0.25, 0.3) is 5.92 Å². The van der Waals surface area contributed by atoms with Crippen molar-refractivity contribution in [2.45, 2.75) is 26.2 Å². The van der Waals surface area contributed by atoms with Crippen LogP contribution in [0.5, 0.6) is 5.75 Å². The van der Waals surface area contributed by atoms with Crippen LogP contribution in [-0.4, -0.2) is 18.2 Å². The third-order valence-electron chi connectivity index (χ3n) is 2.82. The highest BCUT2D eigenvalue weighted by Crippen LogP contribution is 2.40. The molecule has 0 bridgehead atoms. The summed E-state index contributed by atoms with van der Waals surface area (Å²) in [4.78, 5) is 10.9. The molecule has 0 spiro atoms. The lowest BCUT2D eigenvalue weighted by atomic mass is 9.84. The maximum atomic E-state index is 14.0. The fourth-order valence-corrected chi connectivity index (χ4v) is 1.63. The van der Waals surface area contributed by atoms with Crippen molar-refractivity contribution in [1.82, 2.24) is 0 Å². The Hall–Kier alpha value is -1.72. The quantitative estimate of drug-likeness (QED) is 0.896. The van der Waals surface area contributed by atoms with E-state index in [1.165, 1.54) is 21.0 Å². The summed E-state index contributed by atoms with van der Waals surface area (Å²) in [6, 6.07) is 2.78. The monoisotopic (exact) mass is 276 g/mol. The summed E-state index contributed by atoms with van der Waals surface area (Å²) in [6.45, 7) is 2.40. The van der Waals surface area contributed by atoms with Crippen molar-refractivity contribution in [2.75, 3.05) is 7.11 Å². The molecule has 0 saturated carbocycles. The minimum absolute atomic E-state index is 0.142. The van der Waals surface area contributed by atoms with Crippen LogP contribution in [0.2, 0.25) is 0 Å². The summed E-state index contributed by atoms with van der Waals surface area (Å²) in [5, 5.41) is 8.86. The number of aliphatic carboxylic acids is 1. The first kappa shape index (κ1) is 15.3. The Morgan fingerprint density at radius 3 is 2.37 bits per heavy atom. The first-order valence-electron chi connectivity index (χ1n) is 5.55. The molecule has 1 aromatic rings. The highest BCUT2D eigenvalue weighted by Gasteiger charge is 2.42. The molecule has 1 N–H and O–H groups in total. The number of halogens is 3. The Kier molecular flexibility index (Phi) is 4.12. The van der Waals surface area contributed by atoms with Crippen molar-refractivity contribution in [2.24, 2.45) is 5.41 Å². The average Bonchev–Trinajstić information content (AvgIpc) is 2.27. The fraction of sp³-hybridized carbons (Fsp3) is 0.462. The maximum absolute atomic E-state index is 14.0. The van der Waals surface area contributed by atoms with Crippen molar-refractivity contribution in [3.63, 3.8) is 0 Å². The number of rotatable bonds is 5. The second-order valence-corrected chi connectivity index (χ2v) is 4.92. The van der Waals surface area contributed by atoms with Crippen LogP contribution in [0, 0.1) is 11.2 Å². The van der Waals surface area contributed by atoms with Gasteiger partial charge in [-0.05, 0) is 32.0 Å². The van der Waals surface area contributed by atoms with Crippen LogP contribution in [-0.2, 0) is 10.7 Å². The maximum Gasteiger partial charge on any atom is 0.309 e. The normalized spacial score (nSPS) is 12.3. The zero-order chi connectivity index (χ0) is 14.8. The van der Waals surface area contributed by atoms with E-state index in [4.69, 9.17) is 5.11 Å². The van der Waals surface area contributed by atoms with Crippen LogP contribution in [0.3, 0.4) is 0 Å². The first-order valence-corrected chi connectivity index (χ1v) is 5.55. The Morgan fingerprint density at radius 1 is 1.37 bits per heavy atom. The molecule has 3 nitrogen and oxygen atoms in total. The number of hydrogen-bond acceptors (Lipinski definition) is 2. The van der Waals surface area contributed by atoms with Gasteiger partial charge in [0.05, 0.1) is 12.5 Å². The van der Waals surface area contributed by atoms with E-state index in [1.54, 1.807) is 0 Å². The molecule has 1 rings (SSSR count). The van der Waals surface area contributed by atoms with Crippen molar-refractivity contribution in [3.8, 4) is 5.75 Å². The van der Waals surface area contributed by atoms with Gasteiger partial charge < -0.3 is 9.84 Å². The molecule has 1 aromatic carbocycles. The molecule has 0 aliphatic heterocycles. The number of carbonyl (C=O) groups is 1. The number of carboxylic acids is 1. The van der Waals surface area contributed by atoms with E-state index in [1.807, 2.05) is 0 Å². The van der Waals surface area contributed by atoms with E-state index in [2.05, 4.69) is 4.74 Å². The van der Waals surface area contributed by atoms with E-state index >= 15 is 0 Å². The third kappa shape index (κ3) is 3.39. The number of hydrogen-bond donors (Lipinski definition) is 1. The number of methoxy groups -OCH3 is 1. The Bertz CT molecular complexity index is 484. The van der Waals surface area contributed by atoms with Crippen LogP contribution in [0.4, 0.5) is 13.2 Å². The van der Waals surface area contributed by atoms with Crippen molar-refractivity contribution >= 4 is 5.97 Å². The second kappa shape index (κ2) is 5.11. The smallest absolute Gasteiger partial charge is 0.309 e. The van der Waals surface area contributed by atoms with E-state index in [0.29, 0.717) is 6.07 Å². The number of carboxylic acid groups (broad SMARTS) is 1. The largest absolute Gasteiger partial charge is 0.494 e. The van der Waals surface area contributed by atoms with Crippen LogP contribution < -0.4 is 4.74 Å². The predicted octanol–water partition coefficient (Wildman–Crippen LogP) is 3.43. The molecule has 0 radical (unpaired) electrons. The topological polar surface area (TPSA) is 46.5 Å². The lowest BCUT2D eigenvalue weighted by Gasteiger charge is -2.26. The van der Waals surface area contributed by atoms with E-state index < -0.39 is 35.1 Å². The minimum Gasteiger partial charge on any atom is -0.494 e. The summed E-state index contributed by atoms with van der Waals surface area (Å²) in [7, 11) is 1.23. The van der Waals surface area contributed by atoms with Crippen LogP contribution in [0.25, 0.3) is 0 Å². The molecule has 0 unspecified atom stereocenters. The highest BCUT2D eigenvalue weighted by molar-refractivity contribution is 5.73. The molecule has 0 aliphatic carbocycles. The van der Waals surface area contributed by atoms with Crippen molar-refractivity contribution in [3.05, 3.63) is 29.6 Å². The molecule has 6 heteroatoms. The van der Waals surface area contributed by atoms with Gasteiger partial charge in [-0.25, -0.2) is 13.2 Å². The van der Waals surface area contributed by atoms with Gasteiger partial charge >= 0.3 is 5.97 Å². The summed E-state index contributed by atoms with van der Waals surface area (Å²) in [5.74, 6) is -5.82.